The summed E-state index contributed by atoms with van der Waals surface area (Å²) in [6.07, 6.45) is 1.44. The molecule has 0 atom stereocenters. The van der Waals surface area contributed by atoms with Crippen molar-refractivity contribution < 1.29 is 0 Å². The summed E-state index contributed by atoms with van der Waals surface area (Å²) in [7, 11) is 0. The van der Waals surface area contributed by atoms with Gasteiger partial charge in [0.1, 0.15) is 16.7 Å². The van der Waals surface area contributed by atoms with Crippen LogP contribution in [0.25, 0.3) is 0 Å². The Morgan fingerprint density at radius 1 is 1.24 bits per heavy atom. The number of aromatic amines is 1. The molecule has 7 heteroatoms. The van der Waals surface area contributed by atoms with E-state index < -0.39 is 0 Å². The fourth-order valence-electron chi connectivity index (χ4n) is 1.16. The standard InChI is InChI=1S/C10H4Cl3N3S/c11-6-1-7(12)9(8(13)2-6)17-10-5(3-14)4-15-16-10/h1-2,4H,(H,15,16). The molecule has 1 N–H and O–H groups in total. The molecule has 1 aromatic heterocycles. The number of nitrogens with zero attached hydrogens (tertiary/aromatic N) is 2. The molecule has 1 heterocycles. The molecule has 0 aliphatic rings. The maximum Gasteiger partial charge on any atom is 0.113 e. The molecular formula is C10H4Cl3N3S. The third kappa shape index (κ3) is 2.70. The van der Waals surface area contributed by atoms with Gasteiger partial charge in [-0.25, -0.2) is 0 Å². The van der Waals surface area contributed by atoms with Crippen LogP contribution in [0.2, 0.25) is 15.1 Å². The van der Waals surface area contributed by atoms with Crippen LogP contribution in [0.5, 0.6) is 0 Å². The van der Waals surface area contributed by atoms with Crippen LogP contribution in [0, 0.1) is 11.3 Å². The van der Waals surface area contributed by atoms with E-state index in [-0.39, 0.29) is 0 Å². The molecule has 2 aromatic rings. The largest absolute Gasteiger partial charge is 0.270 e. The van der Waals surface area contributed by atoms with E-state index in [1.54, 1.807) is 12.1 Å². The molecule has 0 bridgehead atoms. The predicted octanol–water partition coefficient (Wildman–Crippen LogP) is 4.39. The lowest BCUT2D eigenvalue weighted by Crippen LogP contribution is -1.81. The highest BCUT2D eigenvalue weighted by Crippen LogP contribution is 2.40. The number of nitrogens with one attached hydrogen (secondary N) is 1. The maximum absolute atomic E-state index is 8.86. The van der Waals surface area contributed by atoms with Crippen molar-refractivity contribution in [3.8, 4) is 6.07 Å². The number of H-pyrrole nitrogens is 1. The zero-order valence-electron chi connectivity index (χ0n) is 8.17. The van der Waals surface area contributed by atoms with Crippen LogP contribution in [0.1, 0.15) is 5.56 Å². The smallest absolute Gasteiger partial charge is 0.113 e. The molecule has 3 nitrogen and oxygen atoms in total. The fourth-order valence-corrected chi connectivity index (χ4v) is 3.03. The summed E-state index contributed by atoms with van der Waals surface area (Å²) in [5.74, 6) is 0. The van der Waals surface area contributed by atoms with Gasteiger partial charge >= 0.3 is 0 Å². The summed E-state index contributed by atoms with van der Waals surface area (Å²) < 4.78 is 0. The lowest BCUT2D eigenvalue weighted by atomic mass is 10.4. The van der Waals surface area contributed by atoms with E-state index in [1.165, 1.54) is 18.0 Å². The SMILES string of the molecule is N#Cc1cn[nH]c1Sc1c(Cl)cc(Cl)cc1Cl. The van der Waals surface area contributed by atoms with Gasteiger partial charge in [-0.1, -0.05) is 46.6 Å². The Bertz CT molecular complexity index is 580. The summed E-state index contributed by atoms with van der Waals surface area (Å²) in [5, 5.41) is 17.3. The highest BCUT2D eigenvalue weighted by Gasteiger charge is 2.13. The van der Waals surface area contributed by atoms with Gasteiger partial charge in [-0.3, -0.25) is 5.10 Å². The van der Waals surface area contributed by atoms with E-state index >= 15 is 0 Å². The summed E-state index contributed by atoms with van der Waals surface area (Å²) in [4.78, 5) is 0.637. The molecule has 0 saturated carbocycles. The fraction of sp³-hybridized carbons (Fsp3) is 0. The van der Waals surface area contributed by atoms with Crippen LogP contribution in [-0.2, 0) is 0 Å². The highest BCUT2D eigenvalue weighted by molar-refractivity contribution is 7.99. The van der Waals surface area contributed by atoms with Crippen LogP contribution in [-0.4, -0.2) is 10.2 Å². The van der Waals surface area contributed by atoms with Crippen molar-refractivity contribution in [3.63, 3.8) is 0 Å². The Hall–Kier alpha value is -0.860. The van der Waals surface area contributed by atoms with Crippen molar-refractivity contribution in [3.05, 3.63) is 39.0 Å². The molecule has 0 fully saturated rings. The van der Waals surface area contributed by atoms with Gasteiger partial charge in [-0.05, 0) is 12.1 Å². The van der Waals surface area contributed by atoms with Crippen LogP contribution >= 0.6 is 46.6 Å². The maximum atomic E-state index is 8.86. The zero-order valence-corrected chi connectivity index (χ0v) is 11.3. The minimum atomic E-state index is 0.436. The lowest BCUT2D eigenvalue weighted by molar-refractivity contribution is 1.00. The first-order valence-electron chi connectivity index (χ1n) is 4.37. The summed E-state index contributed by atoms with van der Waals surface area (Å²) in [6.45, 7) is 0. The second-order valence-corrected chi connectivity index (χ2v) is 5.30. The Labute approximate surface area is 117 Å². The quantitative estimate of drug-likeness (QED) is 0.895. The average molecular weight is 305 g/mol. The molecule has 0 spiro atoms. The molecule has 0 saturated heterocycles. The Balaban J connectivity index is 2.41. The van der Waals surface area contributed by atoms with E-state index in [2.05, 4.69) is 10.2 Å². The Kier molecular flexibility index (Phi) is 3.85. The second-order valence-electron chi connectivity index (χ2n) is 3.03. The van der Waals surface area contributed by atoms with Crippen molar-refractivity contribution in [1.29, 1.82) is 5.26 Å². The van der Waals surface area contributed by atoms with Gasteiger partial charge in [-0.15, -0.1) is 0 Å². The Morgan fingerprint density at radius 2 is 1.88 bits per heavy atom. The third-order valence-corrected chi connectivity index (χ3v) is 4.09. The van der Waals surface area contributed by atoms with Crippen LogP contribution < -0.4 is 0 Å². The number of aromatic nitrogens is 2. The number of hydrogen-bond donors (Lipinski definition) is 1. The van der Waals surface area contributed by atoms with E-state index in [0.717, 1.165) is 0 Å². The van der Waals surface area contributed by atoms with Gasteiger partial charge in [0.05, 0.1) is 21.1 Å². The van der Waals surface area contributed by atoms with Gasteiger partial charge < -0.3 is 0 Å². The Morgan fingerprint density at radius 3 is 2.47 bits per heavy atom. The molecule has 0 radical (unpaired) electrons. The molecule has 17 heavy (non-hydrogen) atoms. The van der Waals surface area contributed by atoms with Gasteiger partial charge in [0, 0.05) is 5.02 Å². The molecule has 0 aliphatic heterocycles. The van der Waals surface area contributed by atoms with Gasteiger partial charge in [0.25, 0.3) is 0 Å². The summed E-state index contributed by atoms with van der Waals surface area (Å²) in [5.41, 5.74) is 0.442. The molecule has 0 aliphatic carbocycles. The van der Waals surface area contributed by atoms with E-state index in [4.69, 9.17) is 40.1 Å². The van der Waals surface area contributed by atoms with Crippen molar-refractivity contribution in [2.24, 2.45) is 0 Å². The average Bonchev–Trinajstić information content (AvgIpc) is 2.70. The number of hydrogen-bond acceptors (Lipinski definition) is 3. The molecular weight excluding hydrogens is 301 g/mol. The zero-order chi connectivity index (χ0) is 12.4. The van der Waals surface area contributed by atoms with Crippen molar-refractivity contribution in [2.45, 2.75) is 9.92 Å². The topological polar surface area (TPSA) is 52.5 Å². The van der Waals surface area contributed by atoms with Crippen molar-refractivity contribution in [1.82, 2.24) is 10.2 Å². The van der Waals surface area contributed by atoms with Crippen molar-refractivity contribution in [2.75, 3.05) is 0 Å². The van der Waals surface area contributed by atoms with E-state index in [9.17, 15) is 0 Å². The van der Waals surface area contributed by atoms with Crippen LogP contribution in [0.15, 0.2) is 28.3 Å². The first-order chi connectivity index (χ1) is 8.11. The lowest BCUT2D eigenvalue weighted by Gasteiger charge is -2.05. The van der Waals surface area contributed by atoms with Gasteiger partial charge in [0.15, 0.2) is 0 Å². The normalized spacial score (nSPS) is 10.2. The molecule has 86 valence electrons. The molecule has 0 unspecified atom stereocenters. The van der Waals surface area contributed by atoms with Gasteiger partial charge in [0.2, 0.25) is 0 Å². The molecule has 0 amide bonds. The summed E-state index contributed by atoms with van der Waals surface area (Å²) in [6, 6.07) is 5.21. The third-order valence-electron chi connectivity index (χ3n) is 1.89. The molecule has 2 rings (SSSR count). The number of rotatable bonds is 2. The summed E-state index contributed by atoms with van der Waals surface area (Å²) >= 11 is 19.1. The predicted molar refractivity (Wildman–Crippen MR) is 68.9 cm³/mol. The minimum Gasteiger partial charge on any atom is -0.270 e. The number of halogens is 3. The first-order valence-corrected chi connectivity index (χ1v) is 6.32. The highest BCUT2D eigenvalue weighted by atomic mass is 35.5. The second kappa shape index (κ2) is 5.19. The van der Waals surface area contributed by atoms with Crippen LogP contribution in [0.4, 0.5) is 0 Å². The monoisotopic (exact) mass is 303 g/mol. The van der Waals surface area contributed by atoms with E-state index in [0.29, 0.717) is 30.6 Å². The minimum absolute atomic E-state index is 0.436. The number of nitriles is 1. The number of benzene rings is 1. The van der Waals surface area contributed by atoms with Crippen LogP contribution in [0.3, 0.4) is 0 Å². The first kappa shape index (κ1) is 12.6. The van der Waals surface area contributed by atoms with Crippen molar-refractivity contribution >= 4 is 46.6 Å². The van der Waals surface area contributed by atoms with Gasteiger partial charge in [-0.2, -0.15) is 10.4 Å². The molecule has 1 aromatic carbocycles. The van der Waals surface area contributed by atoms with E-state index in [1.807, 2.05) is 6.07 Å².